The predicted octanol–water partition coefficient (Wildman–Crippen LogP) is 4.54. The van der Waals surface area contributed by atoms with Gasteiger partial charge in [0.1, 0.15) is 0 Å². The van der Waals surface area contributed by atoms with Crippen LogP contribution in [0.25, 0.3) is 0 Å². The zero-order valence-electron chi connectivity index (χ0n) is 11.5. The summed E-state index contributed by atoms with van der Waals surface area (Å²) in [6.07, 6.45) is 9.81. The molecule has 1 heterocycles. The number of rotatable bonds is 3. The first kappa shape index (κ1) is 12.7. The highest BCUT2D eigenvalue weighted by atomic mass is 32.1. The lowest BCUT2D eigenvalue weighted by Gasteiger charge is -2.32. The van der Waals surface area contributed by atoms with Crippen molar-refractivity contribution < 1.29 is 0 Å². The van der Waals surface area contributed by atoms with Crippen LogP contribution in [0.4, 0.5) is 0 Å². The third kappa shape index (κ3) is 2.65. The minimum Gasteiger partial charge on any atom is -0.310 e. The summed E-state index contributed by atoms with van der Waals surface area (Å²) in [5.74, 6) is 1.85. The summed E-state index contributed by atoms with van der Waals surface area (Å²) in [5, 5.41) is 6.14. The minimum atomic E-state index is 0.647. The minimum absolute atomic E-state index is 0.647. The summed E-state index contributed by atoms with van der Waals surface area (Å²) in [7, 11) is 0. The van der Waals surface area contributed by atoms with Gasteiger partial charge in [-0.2, -0.15) is 0 Å². The summed E-state index contributed by atoms with van der Waals surface area (Å²) in [6.45, 7) is 3.68. The van der Waals surface area contributed by atoms with E-state index >= 15 is 0 Å². The van der Waals surface area contributed by atoms with Gasteiger partial charge in [-0.3, -0.25) is 0 Å². The SMILES string of the molecule is CC1CCCCC1CNC1CCCc2sccc21. The van der Waals surface area contributed by atoms with Crippen LogP contribution in [0.1, 0.15) is 61.9 Å². The fourth-order valence-electron chi connectivity index (χ4n) is 3.69. The fourth-order valence-corrected chi connectivity index (χ4v) is 4.68. The molecular weight excluding hydrogens is 238 g/mol. The van der Waals surface area contributed by atoms with Gasteiger partial charge in [0, 0.05) is 10.9 Å². The average Bonchev–Trinajstić information content (AvgIpc) is 2.86. The van der Waals surface area contributed by atoms with Gasteiger partial charge in [0.05, 0.1) is 0 Å². The maximum absolute atomic E-state index is 3.87. The number of nitrogens with one attached hydrogen (secondary N) is 1. The third-order valence-electron chi connectivity index (χ3n) is 4.97. The molecule has 0 aliphatic heterocycles. The molecule has 3 atom stereocenters. The van der Waals surface area contributed by atoms with Crippen molar-refractivity contribution in [1.82, 2.24) is 5.32 Å². The molecule has 1 fully saturated rings. The maximum atomic E-state index is 3.87. The third-order valence-corrected chi connectivity index (χ3v) is 5.96. The van der Waals surface area contributed by atoms with E-state index in [0.717, 1.165) is 11.8 Å². The van der Waals surface area contributed by atoms with E-state index in [9.17, 15) is 0 Å². The van der Waals surface area contributed by atoms with E-state index in [1.165, 1.54) is 51.5 Å². The van der Waals surface area contributed by atoms with Crippen molar-refractivity contribution in [2.24, 2.45) is 11.8 Å². The molecule has 1 aromatic rings. The summed E-state index contributed by atoms with van der Waals surface area (Å²) >= 11 is 1.95. The zero-order valence-corrected chi connectivity index (χ0v) is 12.3. The molecule has 2 aliphatic rings. The molecular formula is C16H25NS. The number of hydrogen-bond acceptors (Lipinski definition) is 2. The molecule has 0 bridgehead atoms. The van der Waals surface area contributed by atoms with Gasteiger partial charge >= 0.3 is 0 Å². The monoisotopic (exact) mass is 263 g/mol. The van der Waals surface area contributed by atoms with Gasteiger partial charge in [-0.25, -0.2) is 0 Å². The number of aryl methyl sites for hydroxylation is 1. The van der Waals surface area contributed by atoms with Gasteiger partial charge in [0.25, 0.3) is 0 Å². The van der Waals surface area contributed by atoms with Crippen LogP contribution in [0, 0.1) is 11.8 Å². The van der Waals surface area contributed by atoms with Gasteiger partial charge in [-0.1, -0.05) is 26.2 Å². The van der Waals surface area contributed by atoms with Crippen molar-refractivity contribution in [3.8, 4) is 0 Å². The van der Waals surface area contributed by atoms with E-state index in [0.29, 0.717) is 6.04 Å². The lowest BCUT2D eigenvalue weighted by atomic mass is 9.80. The molecule has 0 amide bonds. The summed E-state index contributed by atoms with van der Waals surface area (Å²) in [6, 6.07) is 3.00. The van der Waals surface area contributed by atoms with Crippen LogP contribution < -0.4 is 5.32 Å². The highest BCUT2D eigenvalue weighted by Crippen LogP contribution is 2.34. The van der Waals surface area contributed by atoms with Crippen molar-refractivity contribution >= 4 is 11.3 Å². The first-order valence-corrected chi connectivity index (χ1v) is 8.52. The molecule has 3 unspecified atom stereocenters. The number of fused-ring (bicyclic) bond motifs is 1. The Morgan fingerprint density at radius 3 is 3.00 bits per heavy atom. The van der Waals surface area contributed by atoms with Crippen LogP contribution in [0.2, 0.25) is 0 Å². The Morgan fingerprint density at radius 2 is 2.11 bits per heavy atom. The van der Waals surface area contributed by atoms with Crippen molar-refractivity contribution in [2.75, 3.05) is 6.54 Å². The summed E-state index contributed by atoms with van der Waals surface area (Å²) in [4.78, 5) is 1.63. The van der Waals surface area contributed by atoms with Gasteiger partial charge in [-0.05, 0) is 61.1 Å². The fraction of sp³-hybridized carbons (Fsp3) is 0.750. The quantitative estimate of drug-likeness (QED) is 0.844. The first-order chi connectivity index (χ1) is 8.84. The van der Waals surface area contributed by atoms with E-state index < -0.39 is 0 Å². The summed E-state index contributed by atoms with van der Waals surface area (Å²) in [5.41, 5.74) is 1.61. The van der Waals surface area contributed by atoms with Crippen LogP contribution in [0.3, 0.4) is 0 Å². The van der Waals surface area contributed by atoms with E-state index in [-0.39, 0.29) is 0 Å². The molecule has 0 aromatic carbocycles. The number of hydrogen-bond donors (Lipinski definition) is 1. The van der Waals surface area contributed by atoms with Crippen molar-refractivity contribution in [3.05, 3.63) is 21.9 Å². The Morgan fingerprint density at radius 1 is 1.22 bits per heavy atom. The van der Waals surface area contributed by atoms with Crippen LogP contribution >= 0.6 is 11.3 Å². The highest BCUT2D eigenvalue weighted by molar-refractivity contribution is 7.10. The van der Waals surface area contributed by atoms with Crippen molar-refractivity contribution in [1.29, 1.82) is 0 Å². The van der Waals surface area contributed by atoms with Crippen molar-refractivity contribution in [3.63, 3.8) is 0 Å². The Hall–Kier alpha value is -0.340. The lowest BCUT2D eigenvalue weighted by Crippen LogP contribution is -2.33. The Labute approximate surface area is 115 Å². The second-order valence-corrected chi connectivity index (χ2v) is 7.17. The molecule has 3 rings (SSSR count). The molecule has 0 radical (unpaired) electrons. The molecule has 1 saturated carbocycles. The molecule has 0 saturated heterocycles. The molecule has 0 spiro atoms. The highest BCUT2D eigenvalue weighted by Gasteiger charge is 2.25. The molecule has 2 aliphatic carbocycles. The van der Waals surface area contributed by atoms with Gasteiger partial charge in [0.15, 0.2) is 0 Å². The normalized spacial score (nSPS) is 32.2. The second-order valence-electron chi connectivity index (χ2n) is 6.17. The topological polar surface area (TPSA) is 12.0 Å². The second kappa shape index (κ2) is 5.75. The van der Waals surface area contributed by atoms with Gasteiger partial charge < -0.3 is 5.32 Å². The molecule has 2 heteroatoms. The van der Waals surface area contributed by atoms with E-state index in [1.54, 1.807) is 10.4 Å². The van der Waals surface area contributed by atoms with Crippen LogP contribution in [0.5, 0.6) is 0 Å². The van der Waals surface area contributed by atoms with Crippen LogP contribution in [-0.2, 0) is 6.42 Å². The smallest absolute Gasteiger partial charge is 0.0331 e. The van der Waals surface area contributed by atoms with E-state index in [4.69, 9.17) is 0 Å². The van der Waals surface area contributed by atoms with Crippen LogP contribution in [-0.4, -0.2) is 6.54 Å². The molecule has 18 heavy (non-hydrogen) atoms. The van der Waals surface area contributed by atoms with Gasteiger partial charge in [-0.15, -0.1) is 11.3 Å². The standard InChI is InChI=1S/C16H25NS/c1-12-5-2-3-6-13(12)11-17-15-7-4-8-16-14(15)9-10-18-16/h9-10,12-13,15,17H,2-8,11H2,1H3. The van der Waals surface area contributed by atoms with Gasteiger partial charge in [0.2, 0.25) is 0 Å². The lowest BCUT2D eigenvalue weighted by molar-refractivity contribution is 0.238. The van der Waals surface area contributed by atoms with E-state index in [1.807, 2.05) is 11.3 Å². The first-order valence-electron chi connectivity index (χ1n) is 7.64. The van der Waals surface area contributed by atoms with E-state index in [2.05, 4.69) is 23.7 Å². The largest absolute Gasteiger partial charge is 0.310 e. The Balaban J connectivity index is 1.58. The predicted molar refractivity (Wildman–Crippen MR) is 79.1 cm³/mol. The van der Waals surface area contributed by atoms with Crippen LogP contribution in [0.15, 0.2) is 11.4 Å². The van der Waals surface area contributed by atoms with Crippen molar-refractivity contribution in [2.45, 2.75) is 57.9 Å². The Kier molecular flexibility index (Phi) is 4.05. The average molecular weight is 263 g/mol. The number of thiophene rings is 1. The molecule has 1 N–H and O–H groups in total. The molecule has 1 aromatic heterocycles. The zero-order chi connectivity index (χ0) is 12.4. The summed E-state index contributed by atoms with van der Waals surface area (Å²) < 4.78 is 0. The Bertz CT molecular complexity index is 384. The molecule has 100 valence electrons. The maximum Gasteiger partial charge on any atom is 0.0331 e. The molecule has 1 nitrogen and oxygen atoms in total.